The number of benzene rings is 10. The Bertz CT molecular complexity index is 3770. The molecule has 1 aliphatic heterocycles. The van der Waals surface area contributed by atoms with Crippen LogP contribution in [0.5, 0.6) is 11.5 Å². The summed E-state index contributed by atoms with van der Waals surface area (Å²) in [4.78, 5) is 2.53. The van der Waals surface area contributed by atoms with E-state index in [-0.39, 0.29) is 5.41 Å². The normalized spacial score (nSPS) is 14.4. The number of thiophene rings is 1. The van der Waals surface area contributed by atoms with Gasteiger partial charge in [-0.15, -0.1) is 11.3 Å². The van der Waals surface area contributed by atoms with Gasteiger partial charge in [-0.1, -0.05) is 166 Å². The third-order valence-corrected chi connectivity index (χ3v) is 15.8. The Morgan fingerprint density at radius 1 is 0.400 bits per heavy atom. The van der Waals surface area contributed by atoms with E-state index in [0.29, 0.717) is 0 Å². The van der Waals surface area contributed by atoms with E-state index >= 15 is 0 Å². The molecule has 0 amide bonds. The number of nitrogens with zero attached hydrogens (tertiary/aromatic N) is 1. The molecule has 3 aliphatic rings. The van der Waals surface area contributed by atoms with Gasteiger partial charge in [-0.2, -0.15) is 0 Å². The highest BCUT2D eigenvalue weighted by Gasteiger charge is 2.51. The van der Waals surface area contributed by atoms with E-state index in [4.69, 9.17) is 4.74 Å². The minimum absolute atomic E-state index is 0.179. The number of anilines is 3. The topological polar surface area (TPSA) is 12.5 Å². The lowest BCUT2D eigenvalue weighted by molar-refractivity contribution is 0.436. The van der Waals surface area contributed by atoms with E-state index in [1.165, 1.54) is 86.6 Å². The summed E-state index contributed by atoms with van der Waals surface area (Å²) in [5, 5.41) is 4.99. The quantitative estimate of drug-likeness (QED) is 0.175. The molecule has 0 atom stereocenters. The van der Waals surface area contributed by atoms with Gasteiger partial charge in [-0.05, 0) is 122 Å². The summed E-state index contributed by atoms with van der Waals surface area (Å²) in [5.74, 6) is 1.77. The van der Waals surface area contributed by atoms with Crippen LogP contribution in [0.3, 0.4) is 0 Å². The van der Waals surface area contributed by atoms with Crippen LogP contribution in [-0.4, -0.2) is 0 Å². The second-order valence-corrected chi connectivity index (χ2v) is 19.4. The molecule has 306 valence electrons. The van der Waals surface area contributed by atoms with Crippen molar-refractivity contribution in [2.24, 2.45) is 0 Å². The molecule has 0 saturated heterocycles. The summed E-state index contributed by atoms with van der Waals surface area (Å²) >= 11 is 1.87. The standard InChI is InChI=1S/C62H41NOS/c1-61(2)49-23-9-5-18-44(49)47-32-30-40(36-53(47)61)63(55-35-39(34-38-16-3-4-17-42(38)55)43-22-15-29-59-60(43)48-21-8-14-28-58(48)65-59)41-31-33-57-54(37-41)62(52-26-12-13-27-56(52)64-57)50-24-10-6-19-45(50)46-20-7-11-25-51(46)62/h3-37H,1-2H3. The zero-order valence-electron chi connectivity index (χ0n) is 36.0. The summed E-state index contributed by atoms with van der Waals surface area (Å²) in [7, 11) is 0. The summed E-state index contributed by atoms with van der Waals surface area (Å²) in [5.41, 5.74) is 17.7. The zero-order valence-corrected chi connectivity index (χ0v) is 36.8. The molecule has 65 heavy (non-hydrogen) atoms. The Balaban J connectivity index is 1.07. The van der Waals surface area contributed by atoms with Gasteiger partial charge in [-0.25, -0.2) is 0 Å². The third kappa shape index (κ3) is 4.99. The van der Waals surface area contributed by atoms with Crippen molar-refractivity contribution in [3.8, 4) is 44.9 Å². The number of hydrogen-bond acceptors (Lipinski definition) is 3. The molecule has 0 fully saturated rings. The Morgan fingerprint density at radius 3 is 1.74 bits per heavy atom. The van der Waals surface area contributed by atoms with Gasteiger partial charge in [0, 0.05) is 53.5 Å². The summed E-state index contributed by atoms with van der Waals surface area (Å²) in [6.45, 7) is 4.75. The molecule has 0 N–H and O–H groups in total. The van der Waals surface area contributed by atoms with E-state index in [1.807, 2.05) is 11.3 Å². The van der Waals surface area contributed by atoms with Crippen LogP contribution in [0.15, 0.2) is 212 Å². The van der Waals surface area contributed by atoms with Crippen LogP contribution < -0.4 is 9.64 Å². The van der Waals surface area contributed by atoms with Crippen molar-refractivity contribution in [1.82, 2.24) is 0 Å². The second-order valence-electron chi connectivity index (χ2n) is 18.3. The molecule has 10 aromatic carbocycles. The van der Waals surface area contributed by atoms with Crippen LogP contribution in [0.2, 0.25) is 0 Å². The van der Waals surface area contributed by atoms with Crippen molar-refractivity contribution in [2.45, 2.75) is 24.7 Å². The fourth-order valence-electron chi connectivity index (χ4n) is 11.9. The molecular weight excluding hydrogens is 807 g/mol. The molecule has 0 bridgehead atoms. The largest absolute Gasteiger partial charge is 0.457 e. The van der Waals surface area contributed by atoms with Gasteiger partial charge in [-0.3, -0.25) is 0 Å². The van der Waals surface area contributed by atoms with Crippen LogP contribution in [0.25, 0.3) is 64.3 Å². The Kier molecular flexibility index (Phi) is 7.57. The first-order chi connectivity index (χ1) is 32.0. The SMILES string of the molecule is CC1(C)c2ccccc2-c2ccc(N(c3ccc4c(c3)C3(c5ccccc5O4)c4ccccc4-c4ccccc43)c3cc(-c4cccc5sc6ccccc6c45)cc4ccccc34)cc21. The Hall–Kier alpha value is -7.72. The summed E-state index contributed by atoms with van der Waals surface area (Å²) in [6.07, 6.45) is 0. The van der Waals surface area contributed by atoms with Crippen LogP contribution in [0, 0.1) is 0 Å². The van der Waals surface area contributed by atoms with Crippen molar-refractivity contribution in [2.75, 3.05) is 4.90 Å². The maximum Gasteiger partial charge on any atom is 0.132 e. The summed E-state index contributed by atoms with van der Waals surface area (Å²) < 4.78 is 9.57. The average Bonchev–Trinajstić information content (AvgIpc) is 3.96. The van der Waals surface area contributed by atoms with Gasteiger partial charge in [0.05, 0.1) is 11.1 Å². The van der Waals surface area contributed by atoms with Gasteiger partial charge in [0.1, 0.15) is 11.5 Å². The molecule has 0 radical (unpaired) electrons. The van der Waals surface area contributed by atoms with E-state index in [1.54, 1.807) is 0 Å². The van der Waals surface area contributed by atoms with E-state index in [2.05, 4.69) is 231 Å². The highest BCUT2D eigenvalue weighted by atomic mass is 32.1. The molecule has 2 nitrogen and oxygen atoms in total. The third-order valence-electron chi connectivity index (χ3n) is 14.7. The molecule has 11 aromatic rings. The second kappa shape index (κ2) is 13.4. The fourth-order valence-corrected chi connectivity index (χ4v) is 13.0. The molecule has 1 aromatic heterocycles. The minimum atomic E-state index is -0.597. The molecule has 2 aliphatic carbocycles. The van der Waals surface area contributed by atoms with Crippen molar-refractivity contribution >= 4 is 59.3 Å². The highest BCUT2D eigenvalue weighted by molar-refractivity contribution is 7.25. The molecule has 0 unspecified atom stereocenters. The molecule has 2 heterocycles. The van der Waals surface area contributed by atoms with Crippen LogP contribution in [-0.2, 0) is 10.8 Å². The number of para-hydroxylation sites is 1. The predicted octanol–water partition coefficient (Wildman–Crippen LogP) is 17.1. The molecule has 0 saturated carbocycles. The van der Waals surface area contributed by atoms with Crippen molar-refractivity contribution in [3.63, 3.8) is 0 Å². The first kappa shape index (κ1) is 36.7. The van der Waals surface area contributed by atoms with Crippen LogP contribution >= 0.6 is 11.3 Å². The van der Waals surface area contributed by atoms with Crippen LogP contribution in [0.1, 0.15) is 47.2 Å². The maximum absolute atomic E-state index is 6.96. The van der Waals surface area contributed by atoms with E-state index in [0.717, 1.165) is 39.7 Å². The van der Waals surface area contributed by atoms with E-state index in [9.17, 15) is 0 Å². The van der Waals surface area contributed by atoms with Gasteiger partial charge in [0.2, 0.25) is 0 Å². The van der Waals surface area contributed by atoms with Gasteiger partial charge < -0.3 is 9.64 Å². The first-order valence-electron chi connectivity index (χ1n) is 22.6. The van der Waals surface area contributed by atoms with Gasteiger partial charge >= 0.3 is 0 Å². The Morgan fingerprint density at radius 2 is 0.954 bits per heavy atom. The van der Waals surface area contributed by atoms with Crippen LogP contribution in [0.4, 0.5) is 17.1 Å². The monoisotopic (exact) mass is 847 g/mol. The fraction of sp³-hybridized carbons (Fsp3) is 0.0645. The highest BCUT2D eigenvalue weighted by Crippen LogP contribution is 2.63. The maximum atomic E-state index is 6.96. The van der Waals surface area contributed by atoms with Crippen molar-refractivity contribution in [3.05, 3.63) is 246 Å². The lowest BCUT2D eigenvalue weighted by atomic mass is 9.66. The molecular formula is C62H41NOS. The lowest BCUT2D eigenvalue weighted by Gasteiger charge is -2.40. The average molecular weight is 848 g/mol. The smallest absolute Gasteiger partial charge is 0.132 e. The van der Waals surface area contributed by atoms with E-state index < -0.39 is 5.41 Å². The molecule has 14 rings (SSSR count). The van der Waals surface area contributed by atoms with Crippen molar-refractivity contribution < 1.29 is 4.74 Å². The number of rotatable bonds is 4. The summed E-state index contributed by atoms with van der Waals surface area (Å²) in [6, 6.07) is 79.0. The predicted molar refractivity (Wildman–Crippen MR) is 272 cm³/mol. The lowest BCUT2D eigenvalue weighted by Crippen LogP contribution is -2.32. The minimum Gasteiger partial charge on any atom is -0.457 e. The Labute approximate surface area is 382 Å². The van der Waals surface area contributed by atoms with Gasteiger partial charge in [0.15, 0.2) is 0 Å². The number of hydrogen-bond donors (Lipinski definition) is 0. The molecule has 3 heteroatoms. The zero-order chi connectivity index (χ0) is 43.0. The number of ether oxygens (including phenoxy) is 1. The number of fused-ring (bicyclic) bond motifs is 16. The molecule has 1 spiro atoms. The first-order valence-corrected chi connectivity index (χ1v) is 23.4. The van der Waals surface area contributed by atoms with Gasteiger partial charge in [0.25, 0.3) is 0 Å². The van der Waals surface area contributed by atoms with Crippen molar-refractivity contribution in [1.29, 1.82) is 0 Å².